The molecule has 0 aliphatic rings. The molecular formula is C46H56Cl2SiZr-2. The van der Waals surface area contributed by atoms with Crippen molar-refractivity contribution in [1.29, 1.82) is 0 Å². The Labute approximate surface area is 331 Å². The van der Waals surface area contributed by atoms with Crippen LogP contribution < -0.4 is 24.8 Å². The molecule has 50 heavy (non-hydrogen) atoms. The van der Waals surface area contributed by atoms with Crippen LogP contribution in [0.4, 0.5) is 0 Å². The van der Waals surface area contributed by atoms with Crippen LogP contribution in [0.1, 0.15) is 96.0 Å². The quantitative estimate of drug-likeness (QED) is 0.126. The minimum absolute atomic E-state index is 0. The summed E-state index contributed by atoms with van der Waals surface area (Å²) in [5, 5.41) is 5.47. The maximum atomic E-state index is 2.35. The Balaban J connectivity index is 0.000000303. The van der Waals surface area contributed by atoms with Gasteiger partial charge in [-0.25, -0.2) is 0 Å². The molecule has 6 aromatic rings. The van der Waals surface area contributed by atoms with Gasteiger partial charge in [-0.15, -0.1) is 63.0 Å². The van der Waals surface area contributed by atoms with Crippen molar-refractivity contribution in [2.45, 2.75) is 106 Å². The normalized spacial score (nSPS) is 11.3. The molecule has 0 aliphatic carbocycles. The Morgan fingerprint density at radius 1 is 0.640 bits per heavy atom. The Morgan fingerprint density at radius 2 is 1.12 bits per heavy atom. The third kappa shape index (κ3) is 11.4. The molecule has 0 heterocycles. The van der Waals surface area contributed by atoms with E-state index in [1.165, 1.54) is 71.6 Å². The molecule has 0 fully saturated rings. The van der Waals surface area contributed by atoms with Crippen LogP contribution >= 0.6 is 0 Å². The molecule has 6 rings (SSSR count). The molecule has 0 nitrogen and oxygen atoms in total. The molecule has 0 atom stereocenters. The van der Waals surface area contributed by atoms with Crippen molar-refractivity contribution in [2.75, 3.05) is 0 Å². The Bertz CT molecular complexity index is 1970. The number of rotatable bonds is 4. The van der Waals surface area contributed by atoms with Crippen LogP contribution in [0.2, 0.25) is 13.1 Å². The monoisotopic (exact) mass is 796 g/mol. The molecule has 6 aromatic carbocycles. The summed E-state index contributed by atoms with van der Waals surface area (Å²) in [5.41, 5.74) is 12.9. The molecule has 0 spiro atoms. The van der Waals surface area contributed by atoms with Gasteiger partial charge in [0.1, 0.15) is 0 Å². The van der Waals surface area contributed by atoms with Gasteiger partial charge in [0.25, 0.3) is 0 Å². The second kappa shape index (κ2) is 18.5. The molecule has 0 N–H and O–H groups in total. The molecule has 0 radical (unpaired) electrons. The summed E-state index contributed by atoms with van der Waals surface area (Å²) in [5.74, 6) is 0.573. The van der Waals surface area contributed by atoms with Gasteiger partial charge in [0.2, 0.25) is 0 Å². The molecule has 0 bridgehead atoms. The van der Waals surface area contributed by atoms with Gasteiger partial charge in [-0.05, 0) is 52.3 Å². The average molecular weight is 799 g/mol. The van der Waals surface area contributed by atoms with Gasteiger partial charge in [0.15, 0.2) is 0 Å². The Kier molecular flexibility index (Phi) is 16.3. The summed E-state index contributed by atoms with van der Waals surface area (Å²) in [7, 11) is 0. The van der Waals surface area contributed by atoms with Gasteiger partial charge >= 0.3 is 41.9 Å². The van der Waals surface area contributed by atoms with E-state index >= 15 is 0 Å². The fourth-order valence-electron chi connectivity index (χ4n) is 6.12. The molecule has 0 amide bonds. The summed E-state index contributed by atoms with van der Waals surface area (Å²) in [6.45, 7) is 27.1. The van der Waals surface area contributed by atoms with E-state index < -0.39 is 0 Å². The maximum Gasteiger partial charge on any atom is -1.00 e. The first-order chi connectivity index (χ1) is 22.5. The molecular weight excluding hydrogens is 743 g/mol. The first-order valence-electron chi connectivity index (χ1n) is 17.6. The molecule has 0 aliphatic heterocycles. The molecule has 0 unspecified atom stereocenters. The SMILES string of the molecule is CC(C)c1cc2c(-c3ccc(C(C)(C)C)cc3)cccc2[cH-]1.CCc1cc2c(-c3ccc(C(C)(C)C)cc3)cc(C)cc2[cH-]1.C[Si](C)=[Zr+2].[Cl-].[Cl-]. The van der Waals surface area contributed by atoms with E-state index in [-0.39, 0.29) is 41.1 Å². The second-order valence-corrected chi connectivity index (χ2v) is 25.3. The van der Waals surface area contributed by atoms with Crippen LogP contribution in [0.5, 0.6) is 0 Å². The van der Waals surface area contributed by atoms with Crippen molar-refractivity contribution in [3.63, 3.8) is 0 Å². The van der Waals surface area contributed by atoms with Crippen molar-refractivity contribution < 1.29 is 48.1 Å². The van der Waals surface area contributed by atoms with Gasteiger partial charge in [-0.2, -0.15) is 12.1 Å². The van der Waals surface area contributed by atoms with Crippen LogP contribution in [0.25, 0.3) is 43.8 Å². The number of fused-ring (bicyclic) bond motifs is 2. The van der Waals surface area contributed by atoms with Crippen molar-refractivity contribution in [3.8, 4) is 22.3 Å². The van der Waals surface area contributed by atoms with Gasteiger partial charge in [-0.3, -0.25) is 0 Å². The minimum atomic E-state index is 0. The van der Waals surface area contributed by atoms with Gasteiger partial charge in [0, 0.05) is 0 Å². The van der Waals surface area contributed by atoms with Crippen LogP contribution in [-0.2, 0) is 40.6 Å². The third-order valence-electron chi connectivity index (χ3n) is 9.00. The first kappa shape index (κ1) is 43.9. The predicted octanol–water partition coefficient (Wildman–Crippen LogP) is 7.83. The number of hydrogen-bond acceptors (Lipinski definition) is 0. The summed E-state index contributed by atoms with van der Waals surface area (Å²) in [6.07, 6.45) is 1.09. The number of aryl methyl sites for hydroxylation is 2. The van der Waals surface area contributed by atoms with Crippen LogP contribution in [-0.4, -0.2) is 5.43 Å². The van der Waals surface area contributed by atoms with E-state index in [9.17, 15) is 0 Å². The van der Waals surface area contributed by atoms with E-state index in [2.05, 4.69) is 185 Å². The van der Waals surface area contributed by atoms with Crippen molar-refractivity contribution >= 4 is 27.0 Å². The summed E-state index contributed by atoms with van der Waals surface area (Å²) in [6, 6.07) is 38.7. The number of hydrogen-bond donors (Lipinski definition) is 0. The van der Waals surface area contributed by atoms with Crippen molar-refractivity contribution in [3.05, 3.63) is 131 Å². The van der Waals surface area contributed by atoms with E-state index in [0.717, 1.165) is 6.42 Å². The zero-order valence-corrected chi connectivity index (χ0v) is 37.3. The van der Waals surface area contributed by atoms with Gasteiger partial charge < -0.3 is 24.8 Å². The number of halogens is 2. The smallest absolute Gasteiger partial charge is 1.00 e. The molecule has 264 valence electrons. The average Bonchev–Trinajstić information content (AvgIpc) is 3.65. The fraction of sp³-hybridized carbons (Fsp3) is 0.348. The summed E-state index contributed by atoms with van der Waals surface area (Å²) >= 11 is 1.74. The topological polar surface area (TPSA) is 0 Å². The van der Waals surface area contributed by atoms with Crippen molar-refractivity contribution in [2.24, 2.45) is 0 Å². The fourth-order valence-corrected chi connectivity index (χ4v) is 6.12. The second-order valence-electron chi connectivity index (χ2n) is 15.9. The maximum absolute atomic E-state index is 2.35. The van der Waals surface area contributed by atoms with Crippen molar-refractivity contribution in [1.82, 2.24) is 0 Å². The van der Waals surface area contributed by atoms with E-state index in [4.69, 9.17) is 0 Å². The van der Waals surface area contributed by atoms with Gasteiger partial charge in [-0.1, -0.05) is 140 Å². The zero-order valence-electron chi connectivity index (χ0n) is 32.4. The Morgan fingerprint density at radius 3 is 1.58 bits per heavy atom. The molecule has 4 heteroatoms. The zero-order chi connectivity index (χ0) is 35.4. The minimum Gasteiger partial charge on any atom is -1.00 e. The Hall–Kier alpha value is -2.22. The van der Waals surface area contributed by atoms with E-state index in [1.807, 2.05) is 0 Å². The third-order valence-corrected chi connectivity index (χ3v) is 9.00. The van der Waals surface area contributed by atoms with E-state index in [1.54, 1.807) is 23.3 Å². The molecule has 0 saturated carbocycles. The van der Waals surface area contributed by atoms with Crippen LogP contribution in [0, 0.1) is 6.92 Å². The molecule has 0 saturated heterocycles. The van der Waals surface area contributed by atoms with Gasteiger partial charge in [0.05, 0.1) is 0 Å². The van der Waals surface area contributed by atoms with Crippen LogP contribution in [0.15, 0.2) is 103 Å². The first-order valence-corrected chi connectivity index (χ1v) is 23.8. The number of benzene rings is 4. The predicted molar refractivity (Wildman–Crippen MR) is 213 cm³/mol. The standard InChI is InChI=1S/2C22H25.C2H6Si.2ClH.Zr/c1-15(2)18-13-17-7-6-8-20(21(17)14-18)16-9-11-19(12-10-16)22(3,4)5;1-6-16-13-18-11-15(2)12-20(21(18)14-16)17-7-9-19(10-8-17)22(3,4)5;1-3-2;;;/h6-15H,1-5H3;7-14H,6H2,1-5H3;1-2H3;2*1H;/q2*-1;;;;+2/p-2. The summed E-state index contributed by atoms with van der Waals surface area (Å²) < 4.78 is 0. The van der Waals surface area contributed by atoms with Crippen LogP contribution in [0.3, 0.4) is 0 Å². The largest absolute Gasteiger partial charge is 1.00 e. The summed E-state index contributed by atoms with van der Waals surface area (Å²) in [4.78, 5) is 0. The molecule has 0 aromatic heterocycles. The van der Waals surface area contributed by atoms with E-state index in [0.29, 0.717) is 5.92 Å².